The molecule has 0 unspecified atom stereocenters. The van der Waals surface area contributed by atoms with E-state index in [9.17, 15) is 9.59 Å². The molecule has 0 spiro atoms. The summed E-state index contributed by atoms with van der Waals surface area (Å²) in [6.07, 6.45) is 4.81. The molecule has 1 aliphatic carbocycles. The third-order valence-corrected chi connectivity index (χ3v) is 6.36. The molecule has 1 aromatic carbocycles. The topological polar surface area (TPSA) is 53.2 Å². The molecule has 27 heavy (non-hydrogen) atoms. The van der Waals surface area contributed by atoms with Crippen LogP contribution in [-0.4, -0.2) is 28.9 Å². The smallest absolute Gasteiger partial charge is 0.219 e. The summed E-state index contributed by atoms with van der Waals surface area (Å²) in [4.78, 5) is 29.7. The third kappa shape index (κ3) is 3.39. The number of aromatic nitrogens is 1. The largest absolute Gasteiger partial charge is 0.360 e. The van der Waals surface area contributed by atoms with Crippen molar-refractivity contribution in [2.45, 2.75) is 32.6 Å². The second-order valence-corrected chi connectivity index (χ2v) is 8.40. The Kier molecular flexibility index (Phi) is 4.99. The lowest BCUT2D eigenvalue weighted by molar-refractivity contribution is -0.129. The van der Waals surface area contributed by atoms with Gasteiger partial charge in [0.2, 0.25) is 5.91 Å². The van der Waals surface area contributed by atoms with Gasteiger partial charge in [-0.3, -0.25) is 9.59 Å². The summed E-state index contributed by atoms with van der Waals surface area (Å²) in [5.74, 6) is 0.116. The highest BCUT2D eigenvalue weighted by Gasteiger charge is 2.26. The molecule has 0 saturated carbocycles. The van der Waals surface area contributed by atoms with E-state index in [1.54, 1.807) is 13.1 Å². The molecule has 0 bridgehead atoms. The van der Waals surface area contributed by atoms with Crippen molar-refractivity contribution < 1.29 is 4.79 Å². The molecule has 0 radical (unpaired) electrons. The van der Waals surface area contributed by atoms with Crippen LogP contribution >= 0.6 is 27.5 Å². The lowest BCUT2D eigenvalue weighted by Crippen LogP contribution is -2.34. The first kappa shape index (κ1) is 18.5. The van der Waals surface area contributed by atoms with E-state index in [1.807, 2.05) is 17.0 Å². The van der Waals surface area contributed by atoms with Crippen molar-refractivity contribution in [2.24, 2.45) is 0 Å². The van der Waals surface area contributed by atoms with Crippen LogP contribution in [0.5, 0.6) is 0 Å². The maximum Gasteiger partial charge on any atom is 0.219 e. The average molecular weight is 448 g/mol. The maximum atomic E-state index is 12.8. The highest BCUT2D eigenvalue weighted by atomic mass is 79.9. The fourth-order valence-corrected chi connectivity index (χ4v) is 4.67. The Hall–Kier alpha value is -1.85. The van der Waals surface area contributed by atoms with E-state index >= 15 is 0 Å². The number of hydrogen-bond acceptors (Lipinski definition) is 2. The van der Waals surface area contributed by atoms with E-state index in [-0.39, 0.29) is 11.3 Å². The highest BCUT2D eigenvalue weighted by Crippen LogP contribution is 2.38. The van der Waals surface area contributed by atoms with Crippen molar-refractivity contribution in [3.05, 3.63) is 72.1 Å². The first-order valence-electron chi connectivity index (χ1n) is 9.12. The molecule has 1 amide bonds. The molecule has 2 aliphatic rings. The molecule has 140 valence electrons. The number of carbonyl (C=O) groups excluding carboxylic acids is 1. The van der Waals surface area contributed by atoms with Crippen LogP contribution < -0.4 is 5.43 Å². The molecule has 0 atom stereocenters. The van der Waals surface area contributed by atoms with E-state index in [0.29, 0.717) is 29.0 Å². The molecular weight excluding hydrogens is 428 g/mol. The summed E-state index contributed by atoms with van der Waals surface area (Å²) in [5, 5.41) is 0.711. The van der Waals surface area contributed by atoms with Crippen LogP contribution in [0, 0.1) is 0 Å². The summed E-state index contributed by atoms with van der Waals surface area (Å²) in [7, 11) is 0. The number of likely N-dealkylation sites (tertiary alicyclic amines) is 1. The van der Waals surface area contributed by atoms with Gasteiger partial charge in [0.25, 0.3) is 0 Å². The molecule has 1 fully saturated rings. The Labute approximate surface area is 171 Å². The lowest BCUT2D eigenvalue weighted by Gasteiger charge is -2.29. The van der Waals surface area contributed by atoms with Crippen LogP contribution in [0.2, 0.25) is 5.02 Å². The fraction of sp³-hybridized carbons (Fsp3) is 0.333. The van der Waals surface area contributed by atoms with Gasteiger partial charge < -0.3 is 9.88 Å². The Bertz CT molecular complexity index is 1020. The quantitative estimate of drug-likeness (QED) is 0.653. The Morgan fingerprint density at radius 2 is 1.93 bits per heavy atom. The van der Waals surface area contributed by atoms with Crippen molar-refractivity contribution in [2.75, 3.05) is 13.1 Å². The number of halogens is 2. The van der Waals surface area contributed by atoms with Crippen molar-refractivity contribution >= 4 is 39.0 Å². The van der Waals surface area contributed by atoms with E-state index in [4.69, 9.17) is 11.6 Å². The zero-order valence-electron chi connectivity index (χ0n) is 15.1. The van der Waals surface area contributed by atoms with Crippen LogP contribution in [0.25, 0.3) is 5.57 Å². The van der Waals surface area contributed by atoms with Gasteiger partial charge in [0.05, 0.1) is 10.2 Å². The van der Waals surface area contributed by atoms with Gasteiger partial charge in [-0.1, -0.05) is 23.2 Å². The number of rotatable bonds is 0. The SMILES string of the molecule is CC(=O)N1CCC(=C2c3ccc(Cl)cc3CCc3c2[nH]cc(Br)c3=O)CC1. The van der Waals surface area contributed by atoms with Crippen LogP contribution in [0.1, 0.15) is 42.1 Å². The maximum absolute atomic E-state index is 12.8. The molecule has 4 rings (SSSR count). The number of nitrogens with one attached hydrogen (secondary N) is 1. The van der Waals surface area contributed by atoms with E-state index in [2.05, 4.69) is 27.0 Å². The van der Waals surface area contributed by atoms with E-state index in [0.717, 1.165) is 41.7 Å². The number of amides is 1. The Balaban J connectivity index is 1.92. The van der Waals surface area contributed by atoms with Crippen LogP contribution in [-0.2, 0) is 17.6 Å². The first-order valence-corrected chi connectivity index (χ1v) is 10.3. The molecule has 1 aliphatic heterocycles. The number of hydrogen-bond donors (Lipinski definition) is 1. The first-order chi connectivity index (χ1) is 13.0. The van der Waals surface area contributed by atoms with Gasteiger partial charge in [-0.2, -0.15) is 0 Å². The van der Waals surface area contributed by atoms with Crippen molar-refractivity contribution in [1.29, 1.82) is 0 Å². The monoisotopic (exact) mass is 446 g/mol. The fourth-order valence-electron chi connectivity index (χ4n) is 4.12. The summed E-state index contributed by atoms with van der Waals surface area (Å²) >= 11 is 9.61. The normalized spacial score (nSPS) is 16.6. The second-order valence-electron chi connectivity index (χ2n) is 7.11. The predicted molar refractivity (Wildman–Crippen MR) is 111 cm³/mol. The van der Waals surface area contributed by atoms with Gasteiger partial charge in [-0.15, -0.1) is 0 Å². The summed E-state index contributed by atoms with van der Waals surface area (Å²) in [5.41, 5.74) is 6.48. The summed E-state index contributed by atoms with van der Waals surface area (Å²) in [6.45, 7) is 3.05. The van der Waals surface area contributed by atoms with Crippen molar-refractivity contribution in [3.63, 3.8) is 0 Å². The van der Waals surface area contributed by atoms with Gasteiger partial charge in [-0.25, -0.2) is 0 Å². The van der Waals surface area contributed by atoms with Gasteiger partial charge in [-0.05, 0) is 64.9 Å². The average Bonchev–Trinajstić information content (AvgIpc) is 2.81. The highest BCUT2D eigenvalue weighted by molar-refractivity contribution is 9.10. The molecule has 2 aromatic rings. The molecule has 1 aromatic heterocycles. The van der Waals surface area contributed by atoms with E-state index < -0.39 is 0 Å². The lowest BCUT2D eigenvalue weighted by atomic mass is 9.88. The number of aryl methyl sites for hydroxylation is 1. The molecule has 2 heterocycles. The number of pyridine rings is 1. The minimum absolute atomic E-state index is 0.0434. The Morgan fingerprint density at radius 3 is 2.63 bits per heavy atom. The van der Waals surface area contributed by atoms with Gasteiger partial charge >= 0.3 is 0 Å². The molecule has 1 N–H and O–H groups in total. The molecule has 1 saturated heterocycles. The van der Waals surface area contributed by atoms with E-state index in [1.165, 1.54) is 11.1 Å². The summed E-state index contributed by atoms with van der Waals surface area (Å²) in [6, 6.07) is 5.98. The van der Waals surface area contributed by atoms with Gasteiger partial charge in [0, 0.05) is 42.4 Å². The van der Waals surface area contributed by atoms with Gasteiger partial charge in [0.1, 0.15) is 0 Å². The van der Waals surface area contributed by atoms with Gasteiger partial charge in [0.15, 0.2) is 5.43 Å². The van der Waals surface area contributed by atoms with Crippen LogP contribution in [0.15, 0.2) is 39.2 Å². The molecular formula is C21H20BrClN2O2. The number of nitrogens with zero attached hydrogens (tertiary/aromatic N) is 1. The minimum atomic E-state index is 0.0434. The number of fused-ring (bicyclic) bond motifs is 2. The number of benzene rings is 1. The third-order valence-electron chi connectivity index (χ3n) is 5.53. The zero-order chi connectivity index (χ0) is 19.1. The second kappa shape index (κ2) is 7.28. The minimum Gasteiger partial charge on any atom is -0.360 e. The number of piperidine rings is 1. The van der Waals surface area contributed by atoms with Crippen LogP contribution in [0.4, 0.5) is 0 Å². The Morgan fingerprint density at radius 1 is 1.19 bits per heavy atom. The summed E-state index contributed by atoms with van der Waals surface area (Å²) < 4.78 is 0.556. The van der Waals surface area contributed by atoms with Crippen LogP contribution in [0.3, 0.4) is 0 Å². The number of H-pyrrole nitrogens is 1. The molecule has 4 nitrogen and oxygen atoms in total. The molecule has 6 heteroatoms. The number of carbonyl (C=O) groups is 1. The van der Waals surface area contributed by atoms with Crippen molar-refractivity contribution in [3.8, 4) is 0 Å². The predicted octanol–water partition coefficient (Wildman–Crippen LogP) is 4.33. The standard InChI is InChI=1S/C21H20BrClN2O2/c1-12(26)25-8-6-13(7-9-25)19-16-5-3-15(23)10-14(16)2-4-17-20(19)24-11-18(22)21(17)27/h3,5,10-11H,2,4,6-9H2,1H3,(H,24,27). The van der Waals surface area contributed by atoms with Crippen molar-refractivity contribution in [1.82, 2.24) is 9.88 Å². The number of aromatic amines is 1. The zero-order valence-corrected chi connectivity index (χ0v) is 17.4.